The van der Waals surface area contributed by atoms with Crippen molar-refractivity contribution in [3.63, 3.8) is 0 Å². The van der Waals surface area contributed by atoms with E-state index in [0.29, 0.717) is 42.4 Å². The van der Waals surface area contributed by atoms with E-state index in [1.54, 1.807) is 5.57 Å². The van der Waals surface area contributed by atoms with Crippen molar-refractivity contribution in [1.82, 2.24) is 0 Å². The Balaban J connectivity index is 1.72. The lowest BCUT2D eigenvalue weighted by Gasteiger charge is -2.44. The molecule has 3 aliphatic rings. The van der Waals surface area contributed by atoms with Crippen molar-refractivity contribution < 1.29 is 15.3 Å². The predicted molar refractivity (Wildman–Crippen MR) is 119 cm³/mol. The van der Waals surface area contributed by atoms with Gasteiger partial charge in [0.25, 0.3) is 0 Å². The summed E-state index contributed by atoms with van der Waals surface area (Å²) < 4.78 is 0. The first kappa shape index (κ1) is 22.8. The highest BCUT2D eigenvalue weighted by molar-refractivity contribution is 5.26. The molecule has 0 aliphatic heterocycles. The predicted octanol–water partition coefficient (Wildman–Crippen LogP) is 5.17. The minimum Gasteiger partial charge on any atom is -0.393 e. The molecule has 3 heteroatoms. The van der Waals surface area contributed by atoms with Gasteiger partial charge < -0.3 is 15.3 Å². The van der Waals surface area contributed by atoms with Crippen molar-refractivity contribution in [1.29, 1.82) is 0 Å². The molecule has 3 unspecified atom stereocenters. The second-order valence-electron chi connectivity index (χ2n) is 10.6. The molecular weight excluding hydrogens is 360 g/mol. The lowest BCUT2D eigenvalue weighted by Crippen LogP contribution is -2.35. The minimum atomic E-state index is -0.398. The molecule has 29 heavy (non-hydrogen) atoms. The van der Waals surface area contributed by atoms with Crippen LogP contribution in [0.1, 0.15) is 79.1 Å². The molecule has 0 aromatic carbocycles. The molecule has 0 spiro atoms. The van der Waals surface area contributed by atoms with E-state index < -0.39 is 12.2 Å². The third-order valence-corrected chi connectivity index (χ3v) is 8.04. The topological polar surface area (TPSA) is 60.7 Å². The van der Waals surface area contributed by atoms with Crippen LogP contribution in [0, 0.1) is 29.1 Å². The number of fused-ring (bicyclic) bond motifs is 1. The minimum absolute atomic E-state index is 0.263. The van der Waals surface area contributed by atoms with Crippen molar-refractivity contribution in [2.75, 3.05) is 0 Å². The maximum Gasteiger partial charge on any atom is 0.0743 e. The van der Waals surface area contributed by atoms with Crippen LogP contribution in [0.15, 0.2) is 35.5 Å². The Morgan fingerprint density at radius 2 is 1.69 bits per heavy atom. The van der Waals surface area contributed by atoms with Crippen LogP contribution in [0.5, 0.6) is 0 Å². The highest BCUT2D eigenvalue weighted by atomic mass is 16.3. The molecule has 0 amide bonds. The zero-order valence-electron chi connectivity index (χ0n) is 18.8. The zero-order valence-corrected chi connectivity index (χ0v) is 18.8. The standard InChI is InChI=1S/C26H42O3/c1-17(2)25(29)12-7-18(3)23-10-11-24-20(6-5-13-26(23,24)4)9-8-19-14-21(27)16-22(28)15-19/h7-9,12,17-18,21-25,27-29H,5-6,10-11,13-16H2,1-4H3/t18-,21?,22?,23-,24+,25?,26-/m1/s1. The number of aliphatic hydroxyl groups is 3. The first-order valence-corrected chi connectivity index (χ1v) is 11.8. The molecule has 164 valence electrons. The Morgan fingerprint density at radius 3 is 2.34 bits per heavy atom. The van der Waals surface area contributed by atoms with Gasteiger partial charge in [-0.05, 0) is 80.5 Å². The summed E-state index contributed by atoms with van der Waals surface area (Å²) in [5, 5.41) is 30.1. The van der Waals surface area contributed by atoms with E-state index in [1.165, 1.54) is 37.7 Å². The third kappa shape index (κ3) is 5.24. The van der Waals surface area contributed by atoms with Gasteiger partial charge in [0.1, 0.15) is 0 Å². The average molecular weight is 403 g/mol. The van der Waals surface area contributed by atoms with Crippen LogP contribution in [0.3, 0.4) is 0 Å². The lowest BCUT2D eigenvalue weighted by molar-refractivity contribution is 0.0609. The molecule has 3 N–H and O–H groups in total. The second-order valence-corrected chi connectivity index (χ2v) is 10.6. The molecule has 3 fully saturated rings. The van der Waals surface area contributed by atoms with Crippen molar-refractivity contribution >= 4 is 0 Å². The summed E-state index contributed by atoms with van der Waals surface area (Å²) in [6, 6.07) is 0. The number of allylic oxidation sites excluding steroid dienone is 4. The molecule has 3 nitrogen and oxygen atoms in total. The van der Waals surface area contributed by atoms with Crippen molar-refractivity contribution in [2.45, 2.75) is 97.4 Å². The van der Waals surface area contributed by atoms with E-state index in [-0.39, 0.29) is 12.0 Å². The molecule has 0 radical (unpaired) electrons. The number of hydrogen-bond donors (Lipinski definition) is 3. The van der Waals surface area contributed by atoms with Gasteiger partial charge in [0.15, 0.2) is 0 Å². The normalized spacial score (nSPS) is 39.2. The number of hydrogen-bond acceptors (Lipinski definition) is 3. The van der Waals surface area contributed by atoms with E-state index in [0.717, 1.165) is 0 Å². The fraction of sp³-hybridized carbons (Fsp3) is 0.769. The highest BCUT2D eigenvalue weighted by Crippen LogP contribution is 2.59. The van der Waals surface area contributed by atoms with Crippen molar-refractivity contribution in [3.05, 3.63) is 35.5 Å². The number of rotatable bonds is 5. The van der Waals surface area contributed by atoms with Gasteiger partial charge in [-0.1, -0.05) is 63.1 Å². The molecule has 7 atom stereocenters. The Kier molecular flexibility index (Phi) is 7.46. The maximum atomic E-state index is 10.1. The van der Waals surface area contributed by atoms with Gasteiger partial charge in [0, 0.05) is 0 Å². The molecule has 3 saturated carbocycles. The fourth-order valence-corrected chi connectivity index (χ4v) is 6.32. The second kappa shape index (κ2) is 9.49. The van der Waals surface area contributed by atoms with E-state index in [9.17, 15) is 15.3 Å². The quantitative estimate of drug-likeness (QED) is 0.556. The molecule has 0 bridgehead atoms. The third-order valence-electron chi connectivity index (χ3n) is 8.04. The maximum absolute atomic E-state index is 10.1. The summed E-state index contributed by atoms with van der Waals surface area (Å²) in [5.74, 6) is 2.05. The van der Waals surface area contributed by atoms with E-state index in [2.05, 4.69) is 45.9 Å². The van der Waals surface area contributed by atoms with Crippen LogP contribution < -0.4 is 0 Å². The van der Waals surface area contributed by atoms with Crippen LogP contribution in [-0.4, -0.2) is 33.6 Å². The van der Waals surface area contributed by atoms with Crippen molar-refractivity contribution in [3.8, 4) is 0 Å². The number of aliphatic hydroxyl groups excluding tert-OH is 3. The van der Waals surface area contributed by atoms with Gasteiger partial charge in [0.2, 0.25) is 0 Å². The monoisotopic (exact) mass is 402 g/mol. The Morgan fingerprint density at radius 1 is 1.00 bits per heavy atom. The first-order chi connectivity index (χ1) is 13.7. The summed E-state index contributed by atoms with van der Waals surface area (Å²) in [6.07, 6.45) is 15.8. The van der Waals surface area contributed by atoms with Gasteiger partial charge in [-0.3, -0.25) is 0 Å². The van der Waals surface area contributed by atoms with E-state index in [1.807, 2.05) is 6.08 Å². The summed E-state index contributed by atoms with van der Waals surface area (Å²) in [7, 11) is 0. The smallest absolute Gasteiger partial charge is 0.0743 e. The Bertz CT molecular complexity index is 634. The largest absolute Gasteiger partial charge is 0.393 e. The van der Waals surface area contributed by atoms with Crippen molar-refractivity contribution in [2.24, 2.45) is 29.1 Å². The Hall–Kier alpha value is -0.900. The van der Waals surface area contributed by atoms with Gasteiger partial charge in [-0.2, -0.15) is 0 Å². The highest BCUT2D eigenvalue weighted by Gasteiger charge is 2.50. The van der Waals surface area contributed by atoms with Crippen LogP contribution in [0.2, 0.25) is 0 Å². The van der Waals surface area contributed by atoms with E-state index in [4.69, 9.17) is 0 Å². The molecule has 3 aliphatic carbocycles. The summed E-state index contributed by atoms with van der Waals surface area (Å²) >= 11 is 0. The van der Waals surface area contributed by atoms with Crippen LogP contribution in [0.25, 0.3) is 0 Å². The summed E-state index contributed by atoms with van der Waals surface area (Å²) in [5.41, 5.74) is 3.09. The van der Waals surface area contributed by atoms with E-state index >= 15 is 0 Å². The molecule has 0 aromatic rings. The average Bonchev–Trinajstić information content (AvgIpc) is 3.00. The van der Waals surface area contributed by atoms with Gasteiger partial charge >= 0.3 is 0 Å². The Labute approximate surface area is 177 Å². The molecule has 0 heterocycles. The summed E-state index contributed by atoms with van der Waals surface area (Å²) in [4.78, 5) is 0. The van der Waals surface area contributed by atoms with Crippen LogP contribution in [-0.2, 0) is 0 Å². The van der Waals surface area contributed by atoms with Crippen LogP contribution in [0.4, 0.5) is 0 Å². The van der Waals surface area contributed by atoms with Gasteiger partial charge in [-0.15, -0.1) is 0 Å². The zero-order chi connectivity index (χ0) is 21.2. The molecule has 0 aromatic heterocycles. The van der Waals surface area contributed by atoms with Gasteiger partial charge in [0.05, 0.1) is 18.3 Å². The molecular formula is C26H42O3. The molecule has 0 saturated heterocycles. The first-order valence-electron chi connectivity index (χ1n) is 11.8. The fourth-order valence-electron chi connectivity index (χ4n) is 6.32. The van der Waals surface area contributed by atoms with Gasteiger partial charge in [-0.25, -0.2) is 0 Å². The lowest BCUT2D eigenvalue weighted by atomic mass is 9.61. The molecule has 3 rings (SSSR count). The summed E-state index contributed by atoms with van der Waals surface area (Å²) in [6.45, 7) is 8.94. The van der Waals surface area contributed by atoms with Crippen LogP contribution >= 0.6 is 0 Å². The SMILES string of the molecule is CC(C)C(O)C=C[C@@H](C)[C@H]1CC[C@H]2C(=CC=C3CC(O)CC(O)C3)CCC[C@]12C.